The van der Waals surface area contributed by atoms with Crippen LogP contribution < -0.4 is 0 Å². The molecule has 0 radical (unpaired) electrons. The number of carbonyl (C=O) groups excluding carboxylic acids is 1. The number of nitrogens with one attached hydrogen (secondary N) is 1. The third-order valence-electron chi connectivity index (χ3n) is 3.51. The third-order valence-corrected chi connectivity index (χ3v) is 4.29. The van der Waals surface area contributed by atoms with E-state index in [4.69, 9.17) is 0 Å². The topological polar surface area (TPSA) is 69.2 Å². The van der Waals surface area contributed by atoms with Gasteiger partial charge in [0.15, 0.2) is 0 Å². The highest BCUT2D eigenvalue weighted by molar-refractivity contribution is 7.09. The summed E-state index contributed by atoms with van der Waals surface area (Å²) in [6.07, 6.45) is 3.04. The van der Waals surface area contributed by atoms with Gasteiger partial charge in [0.25, 0.3) is 5.91 Å². The Bertz CT molecular complexity index is 619. The SMILES string of the molecule is Cc1nc(-c2c[nH]c(C(=O)N3CCC[C@H](O)C3)c2)cs1. The summed E-state index contributed by atoms with van der Waals surface area (Å²) < 4.78 is 0. The Morgan fingerprint density at radius 3 is 3.15 bits per heavy atom. The molecule has 20 heavy (non-hydrogen) atoms. The Morgan fingerprint density at radius 1 is 1.60 bits per heavy atom. The average Bonchev–Trinajstić information content (AvgIpc) is 3.06. The Kier molecular flexibility index (Phi) is 3.58. The van der Waals surface area contributed by atoms with E-state index in [1.165, 1.54) is 0 Å². The minimum absolute atomic E-state index is 0.0537. The predicted octanol–water partition coefficient (Wildman–Crippen LogP) is 2.04. The number of aryl methyl sites for hydroxylation is 1. The lowest BCUT2D eigenvalue weighted by Crippen LogP contribution is -2.42. The fourth-order valence-electron chi connectivity index (χ4n) is 2.47. The molecule has 1 saturated heterocycles. The first-order chi connectivity index (χ1) is 9.63. The van der Waals surface area contributed by atoms with E-state index in [-0.39, 0.29) is 5.91 Å². The van der Waals surface area contributed by atoms with Gasteiger partial charge in [-0.1, -0.05) is 0 Å². The van der Waals surface area contributed by atoms with Crippen LogP contribution in [0.3, 0.4) is 0 Å². The first kappa shape index (κ1) is 13.3. The Hall–Kier alpha value is -1.66. The van der Waals surface area contributed by atoms with Crippen molar-refractivity contribution in [3.05, 3.63) is 28.3 Å². The first-order valence-electron chi connectivity index (χ1n) is 6.72. The molecule has 0 spiro atoms. The number of piperidine rings is 1. The molecule has 1 amide bonds. The minimum Gasteiger partial charge on any atom is -0.391 e. The summed E-state index contributed by atoms with van der Waals surface area (Å²) in [6.45, 7) is 3.09. The number of nitrogens with zero attached hydrogens (tertiary/aromatic N) is 2. The fourth-order valence-corrected chi connectivity index (χ4v) is 3.09. The maximum Gasteiger partial charge on any atom is 0.270 e. The zero-order valence-electron chi connectivity index (χ0n) is 11.3. The second kappa shape index (κ2) is 5.38. The molecule has 0 bridgehead atoms. The molecule has 3 heterocycles. The summed E-state index contributed by atoms with van der Waals surface area (Å²) >= 11 is 1.59. The van der Waals surface area contributed by atoms with Crippen LogP contribution >= 0.6 is 11.3 Å². The molecule has 106 valence electrons. The van der Waals surface area contributed by atoms with E-state index in [9.17, 15) is 9.90 Å². The molecule has 2 aromatic rings. The highest BCUT2D eigenvalue weighted by Crippen LogP contribution is 2.23. The zero-order chi connectivity index (χ0) is 14.1. The summed E-state index contributed by atoms with van der Waals surface area (Å²) in [5.74, 6) is -0.0537. The summed E-state index contributed by atoms with van der Waals surface area (Å²) in [5.41, 5.74) is 2.37. The number of hydrogen-bond donors (Lipinski definition) is 2. The number of carbonyl (C=O) groups is 1. The number of aromatic amines is 1. The number of aromatic nitrogens is 2. The maximum absolute atomic E-state index is 12.4. The number of rotatable bonds is 2. The molecule has 3 rings (SSSR count). The molecule has 2 aromatic heterocycles. The number of aliphatic hydroxyl groups is 1. The van der Waals surface area contributed by atoms with Gasteiger partial charge in [-0.05, 0) is 25.8 Å². The second-order valence-electron chi connectivity index (χ2n) is 5.10. The Morgan fingerprint density at radius 2 is 2.45 bits per heavy atom. The van der Waals surface area contributed by atoms with Crippen molar-refractivity contribution < 1.29 is 9.90 Å². The first-order valence-corrected chi connectivity index (χ1v) is 7.59. The molecule has 1 aliphatic heterocycles. The van der Waals surface area contributed by atoms with E-state index in [1.807, 2.05) is 24.6 Å². The van der Waals surface area contributed by atoms with Gasteiger partial charge in [0, 0.05) is 30.2 Å². The van der Waals surface area contributed by atoms with Crippen LogP contribution in [0, 0.1) is 6.92 Å². The molecule has 1 aliphatic rings. The van der Waals surface area contributed by atoms with Crippen molar-refractivity contribution in [2.75, 3.05) is 13.1 Å². The zero-order valence-corrected chi connectivity index (χ0v) is 12.1. The molecule has 0 aliphatic carbocycles. The Balaban J connectivity index is 1.77. The average molecular weight is 291 g/mol. The molecule has 0 saturated carbocycles. The van der Waals surface area contributed by atoms with Gasteiger partial charge in [-0.25, -0.2) is 4.98 Å². The minimum atomic E-state index is -0.400. The highest BCUT2D eigenvalue weighted by atomic mass is 32.1. The van der Waals surface area contributed by atoms with E-state index in [2.05, 4.69) is 9.97 Å². The largest absolute Gasteiger partial charge is 0.391 e. The number of β-amino-alcohol motifs (C(OH)–C–C–N with tert-alkyl or cyclic N) is 1. The van der Waals surface area contributed by atoms with Gasteiger partial charge >= 0.3 is 0 Å². The van der Waals surface area contributed by atoms with Crippen molar-refractivity contribution in [2.24, 2.45) is 0 Å². The predicted molar refractivity (Wildman–Crippen MR) is 77.8 cm³/mol. The molecule has 0 aromatic carbocycles. The smallest absolute Gasteiger partial charge is 0.270 e. The van der Waals surface area contributed by atoms with E-state index in [1.54, 1.807) is 16.2 Å². The van der Waals surface area contributed by atoms with Crippen molar-refractivity contribution in [3.63, 3.8) is 0 Å². The molecule has 5 nitrogen and oxygen atoms in total. The number of hydrogen-bond acceptors (Lipinski definition) is 4. The van der Waals surface area contributed by atoms with Gasteiger partial charge in [-0.2, -0.15) is 0 Å². The lowest BCUT2D eigenvalue weighted by atomic mass is 10.1. The van der Waals surface area contributed by atoms with Crippen molar-refractivity contribution in [3.8, 4) is 11.3 Å². The van der Waals surface area contributed by atoms with Gasteiger partial charge in [-0.3, -0.25) is 4.79 Å². The van der Waals surface area contributed by atoms with Crippen LogP contribution in [0.5, 0.6) is 0 Å². The summed E-state index contributed by atoms with van der Waals surface area (Å²) in [4.78, 5) is 21.5. The van der Waals surface area contributed by atoms with Crippen molar-refractivity contribution in [1.29, 1.82) is 0 Å². The molecular formula is C14H17N3O2S. The standard InChI is InChI=1S/C14H17N3O2S/c1-9-16-13(8-20-9)10-5-12(15-6-10)14(19)17-4-2-3-11(18)7-17/h5-6,8,11,15,18H,2-4,7H2,1H3/t11-/m0/s1. The van der Waals surface area contributed by atoms with Crippen LogP contribution in [-0.2, 0) is 0 Å². The molecule has 1 atom stereocenters. The van der Waals surface area contributed by atoms with Gasteiger partial charge in [0.2, 0.25) is 0 Å². The van der Waals surface area contributed by atoms with Crippen molar-refractivity contribution in [2.45, 2.75) is 25.9 Å². The van der Waals surface area contributed by atoms with Crippen LogP contribution in [0.15, 0.2) is 17.6 Å². The second-order valence-corrected chi connectivity index (χ2v) is 6.16. The van der Waals surface area contributed by atoms with Gasteiger partial charge in [-0.15, -0.1) is 11.3 Å². The van der Waals surface area contributed by atoms with Crippen LogP contribution in [-0.4, -0.2) is 45.1 Å². The van der Waals surface area contributed by atoms with Crippen molar-refractivity contribution in [1.82, 2.24) is 14.9 Å². The summed E-state index contributed by atoms with van der Waals surface area (Å²) in [5, 5.41) is 12.6. The summed E-state index contributed by atoms with van der Waals surface area (Å²) in [6, 6.07) is 1.83. The molecule has 2 N–H and O–H groups in total. The monoisotopic (exact) mass is 291 g/mol. The number of aliphatic hydroxyl groups excluding tert-OH is 1. The highest BCUT2D eigenvalue weighted by Gasteiger charge is 2.24. The van der Waals surface area contributed by atoms with Crippen LogP contribution in [0.2, 0.25) is 0 Å². The van der Waals surface area contributed by atoms with E-state index >= 15 is 0 Å². The molecule has 1 fully saturated rings. The maximum atomic E-state index is 12.4. The number of H-pyrrole nitrogens is 1. The number of likely N-dealkylation sites (tertiary alicyclic amines) is 1. The third kappa shape index (κ3) is 2.62. The van der Waals surface area contributed by atoms with Crippen molar-refractivity contribution >= 4 is 17.2 Å². The summed E-state index contributed by atoms with van der Waals surface area (Å²) in [7, 11) is 0. The van der Waals surface area contributed by atoms with Crippen LogP contribution in [0.1, 0.15) is 28.3 Å². The number of thiazole rings is 1. The fraction of sp³-hybridized carbons (Fsp3) is 0.429. The van der Waals surface area contributed by atoms with E-state index in [0.717, 1.165) is 29.1 Å². The normalized spacial score (nSPS) is 19.3. The lowest BCUT2D eigenvalue weighted by Gasteiger charge is -2.29. The molecular weight excluding hydrogens is 274 g/mol. The van der Waals surface area contributed by atoms with Gasteiger partial charge in [0.05, 0.1) is 16.8 Å². The van der Waals surface area contributed by atoms with E-state index in [0.29, 0.717) is 18.8 Å². The van der Waals surface area contributed by atoms with Gasteiger partial charge in [0.1, 0.15) is 5.69 Å². The van der Waals surface area contributed by atoms with Crippen LogP contribution in [0.25, 0.3) is 11.3 Å². The van der Waals surface area contributed by atoms with E-state index < -0.39 is 6.10 Å². The van der Waals surface area contributed by atoms with Gasteiger partial charge < -0.3 is 15.0 Å². The number of amides is 1. The lowest BCUT2D eigenvalue weighted by molar-refractivity contribution is 0.0469. The van der Waals surface area contributed by atoms with Crippen LogP contribution in [0.4, 0.5) is 0 Å². The quantitative estimate of drug-likeness (QED) is 0.889. The Labute approximate surface area is 121 Å². The molecule has 0 unspecified atom stereocenters. The molecule has 6 heteroatoms.